The van der Waals surface area contributed by atoms with Gasteiger partial charge in [-0.1, -0.05) is 17.3 Å². The summed E-state index contributed by atoms with van der Waals surface area (Å²) in [6.45, 7) is 0.586. The summed E-state index contributed by atoms with van der Waals surface area (Å²) in [6, 6.07) is 7.75. The molecule has 7 heteroatoms. The Hall–Kier alpha value is -2.02. The standard InChI is InChI=1S/C12H13N3O3S/c1-18-10-4-2-3-5-11(10)19-7-6-15-8-9(12(16)17)13-14-15/h2-5,8H,6-7H2,1H3,(H,16,17). The monoisotopic (exact) mass is 279 g/mol. The Morgan fingerprint density at radius 3 is 2.95 bits per heavy atom. The van der Waals surface area contributed by atoms with Crippen molar-refractivity contribution in [3.63, 3.8) is 0 Å². The van der Waals surface area contributed by atoms with Crippen LogP contribution in [-0.2, 0) is 6.54 Å². The van der Waals surface area contributed by atoms with Gasteiger partial charge < -0.3 is 9.84 Å². The van der Waals surface area contributed by atoms with Crippen molar-refractivity contribution in [1.82, 2.24) is 15.0 Å². The van der Waals surface area contributed by atoms with Crippen molar-refractivity contribution in [2.24, 2.45) is 0 Å². The van der Waals surface area contributed by atoms with E-state index in [2.05, 4.69) is 10.3 Å². The molecular formula is C12H13N3O3S. The van der Waals surface area contributed by atoms with Gasteiger partial charge in [0.15, 0.2) is 5.69 Å². The van der Waals surface area contributed by atoms with Crippen LogP contribution in [0.4, 0.5) is 0 Å². The summed E-state index contributed by atoms with van der Waals surface area (Å²) in [7, 11) is 1.63. The normalized spacial score (nSPS) is 10.4. The lowest BCUT2D eigenvalue weighted by Crippen LogP contribution is -2.01. The number of aromatic carboxylic acids is 1. The van der Waals surface area contributed by atoms with Gasteiger partial charge in [-0.2, -0.15) is 0 Å². The quantitative estimate of drug-likeness (QED) is 0.812. The highest BCUT2D eigenvalue weighted by Gasteiger charge is 2.08. The minimum Gasteiger partial charge on any atom is -0.496 e. The number of aromatic nitrogens is 3. The van der Waals surface area contributed by atoms with Crippen molar-refractivity contribution >= 4 is 17.7 Å². The summed E-state index contributed by atoms with van der Waals surface area (Å²) < 4.78 is 6.77. The molecule has 0 bridgehead atoms. The lowest BCUT2D eigenvalue weighted by Gasteiger charge is -2.07. The van der Waals surface area contributed by atoms with Crippen LogP contribution >= 0.6 is 11.8 Å². The van der Waals surface area contributed by atoms with Crippen LogP contribution in [0.2, 0.25) is 0 Å². The largest absolute Gasteiger partial charge is 0.496 e. The molecule has 0 saturated carbocycles. The zero-order valence-corrected chi connectivity index (χ0v) is 11.1. The Labute approximate surface area is 114 Å². The number of para-hydroxylation sites is 1. The summed E-state index contributed by atoms with van der Waals surface area (Å²) in [5, 5.41) is 16.0. The molecule has 0 fully saturated rings. The molecule has 0 atom stereocenters. The van der Waals surface area contributed by atoms with Crippen molar-refractivity contribution in [2.45, 2.75) is 11.4 Å². The van der Waals surface area contributed by atoms with E-state index in [0.29, 0.717) is 6.54 Å². The van der Waals surface area contributed by atoms with Crippen LogP contribution in [0.25, 0.3) is 0 Å². The molecule has 1 N–H and O–H groups in total. The second-order valence-electron chi connectivity index (χ2n) is 3.67. The number of hydrogen-bond acceptors (Lipinski definition) is 5. The van der Waals surface area contributed by atoms with E-state index < -0.39 is 5.97 Å². The van der Waals surface area contributed by atoms with Gasteiger partial charge in [0.1, 0.15) is 5.75 Å². The average Bonchev–Trinajstić information content (AvgIpc) is 2.88. The molecule has 6 nitrogen and oxygen atoms in total. The molecule has 0 unspecified atom stereocenters. The number of rotatable bonds is 6. The number of methoxy groups -OCH3 is 1. The summed E-state index contributed by atoms with van der Waals surface area (Å²) in [5.41, 5.74) is -0.0395. The number of thioether (sulfide) groups is 1. The van der Waals surface area contributed by atoms with Gasteiger partial charge in [0.2, 0.25) is 0 Å². The number of aryl methyl sites for hydroxylation is 1. The highest BCUT2D eigenvalue weighted by atomic mass is 32.2. The predicted octanol–water partition coefficient (Wildman–Crippen LogP) is 1.78. The highest BCUT2D eigenvalue weighted by Crippen LogP contribution is 2.28. The van der Waals surface area contributed by atoms with Crippen LogP contribution in [0.15, 0.2) is 35.4 Å². The third-order valence-corrected chi connectivity index (χ3v) is 3.44. The summed E-state index contributed by atoms with van der Waals surface area (Å²) in [4.78, 5) is 11.7. The van der Waals surface area contributed by atoms with Crippen molar-refractivity contribution in [2.75, 3.05) is 12.9 Å². The number of carbonyl (C=O) groups is 1. The number of nitrogens with zero attached hydrogens (tertiary/aromatic N) is 3. The van der Waals surface area contributed by atoms with Crippen molar-refractivity contribution in [1.29, 1.82) is 0 Å². The van der Waals surface area contributed by atoms with Gasteiger partial charge in [-0.05, 0) is 12.1 Å². The molecule has 100 valence electrons. The van der Waals surface area contributed by atoms with E-state index in [-0.39, 0.29) is 5.69 Å². The average molecular weight is 279 g/mol. The molecule has 0 aliphatic rings. The van der Waals surface area contributed by atoms with Crippen LogP contribution in [0.3, 0.4) is 0 Å². The van der Waals surface area contributed by atoms with Gasteiger partial charge in [0, 0.05) is 10.6 Å². The second kappa shape index (κ2) is 6.24. The zero-order valence-electron chi connectivity index (χ0n) is 10.3. The molecule has 0 radical (unpaired) electrons. The topological polar surface area (TPSA) is 77.2 Å². The first kappa shape index (κ1) is 13.4. The lowest BCUT2D eigenvalue weighted by molar-refractivity contribution is 0.0690. The molecular weight excluding hydrogens is 266 g/mol. The van der Waals surface area contributed by atoms with E-state index >= 15 is 0 Å². The Balaban J connectivity index is 1.90. The van der Waals surface area contributed by atoms with Gasteiger partial charge >= 0.3 is 5.97 Å². The lowest BCUT2D eigenvalue weighted by atomic mass is 10.3. The van der Waals surface area contributed by atoms with Crippen LogP contribution < -0.4 is 4.74 Å². The minimum absolute atomic E-state index is 0.0395. The van der Waals surface area contributed by atoms with Crippen molar-refractivity contribution in [3.8, 4) is 5.75 Å². The molecule has 0 aliphatic carbocycles. The molecule has 19 heavy (non-hydrogen) atoms. The molecule has 0 amide bonds. The molecule has 2 aromatic rings. The summed E-state index contributed by atoms with van der Waals surface area (Å²) in [6.07, 6.45) is 1.42. The fraction of sp³-hybridized carbons (Fsp3) is 0.250. The first-order chi connectivity index (χ1) is 9.20. The van der Waals surface area contributed by atoms with Crippen molar-refractivity contribution < 1.29 is 14.6 Å². The van der Waals surface area contributed by atoms with Crippen LogP contribution in [0.1, 0.15) is 10.5 Å². The minimum atomic E-state index is -1.07. The molecule has 1 heterocycles. The molecule has 0 spiro atoms. The number of carboxylic acid groups (broad SMARTS) is 1. The van der Waals surface area contributed by atoms with Gasteiger partial charge in [-0.15, -0.1) is 16.9 Å². The first-order valence-electron chi connectivity index (χ1n) is 5.60. The van der Waals surface area contributed by atoms with Gasteiger partial charge in [-0.25, -0.2) is 4.79 Å². The Kier molecular flexibility index (Phi) is 4.40. The van der Waals surface area contributed by atoms with Crippen molar-refractivity contribution in [3.05, 3.63) is 36.2 Å². The predicted molar refractivity (Wildman–Crippen MR) is 70.7 cm³/mol. The number of hydrogen-bond donors (Lipinski definition) is 1. The number of benzene rings is 1. The van der Waals surface area contributed by atoms with E-state index in [1.165, 1.54) is 10.9 Å². The fourth-order valence-corrected chi connectivity index (χ4v) is 2.46. The van der Waals surface area contributed by atoms with Gasteiger partial charge in [0.25, 0.3) is 0 Å². The van der Waals surface area contributed by atoms with Gasteiger partial charge in [0.05, 0.1) is 19.9 Å². The maximum Gasteiger partial charge on any atom is 0.358 e. The van der Waals surface area contributed by atoms with Crippen LogP contribution in [0.5, 0.6) is 5.75 Å². The van der Waals surface area contributed by atoms with E-state index in [1.54, 1.807) is 18.9 Å². The van der Waals surface area contributed by atoms with E-state index in [1.807, 2.05) is 24.3 Å². The maximum absolute atomic E-state index is 10.7. The first-order valence-corrected chi connectivity index (χ1v) is 6.58. The summed E-state index contributed by atoms with van der Waals surface area (Å²) in [5.74, 6) is 0.518. The molecule has 0 aliphatic heterocycles. The Morgan fingerprint density at radius 1 is 1.47 bits per heavy atom. The highest BCUT2D eigenvalue weighted by molar-refractivity contribution is 7.99. The van der Waals surface area contributed by atoms with Crippen LogP contribution in [0, 0.1) is 0 Å². The second-order valence-corrected chi connectivity index (χ2v) is 4.81. The number of carboxylic acids is 1. The maximum atomic E-state index is 10.7. The summed E-state index contributed by atoms with van der Waals surface area (Å²) >= 11 is 1.62. The number of ether oxygens (including phenoxy) is 1. The van der Waals surface area contributed by atoms with E-state index in [9.17, 15) is 4.79 Å². The Morgan fingerprint density at radius 2 is 2.26 bits per heavy atom. The smallest absolute Gasteiger partial charge is 0.358 e. The molecule has 1 aromatic heterocycles. The third kappa shape index (κ3) is 3.47. The van der Waals surface area contributed by atoms with E-state index in [4.69, 9.17) is 9.84 Å². The third-order valence-electron chi connectivity index (χ3n) is 2.40. The molecule has 1 aromatic carbocycles. The SMILES string of the molecule is COc1ccccc1SCCn1cc(C(=O)O)nn1. The molecule has 0 saturated heterocycles. The Bertz CT molecular complexity index is 571. The molecule has 2 rings (SSSR count). The van der Waals surface area contributed by atoms with Gasteiger partial charge in [-0.3, -0.25) is 4.68 Å². The van der Waals surface area contributed by atoms with E-state index in [0.717, 1.165) is 16.4 Å². The fourth-order valence-electron chi connectivity index (χ4n) is 1.49. The zero-order chi connectivity index (χ0) is 13.7. The van der Waals surface area contributed by atoms with Crippen LogP contribution in [-0.4, -0.2) is 38.9 Å².